The van der Waals surface area contributed by atoms with Crippen LogP contribution < -0.4 is 5.32 Å². The Bertz CT molecular complexity index is 353. The normalized spacial score (nSPS) is 11.2. The van der Waals surface area contributed by atoms with Crippen LogP contribution in [-0.4, -0.2) is 21.8 Å². The van der Waals surface area contributed by atoms with Gasteiger partial charge in [0, 0.05) is 5.88 Å². The Balaban J connectivity index is 2.71. The first-order valence-corrected chi connectivity index (χ1v) is 5.63. The second-order valence-electron chi connectivity index (χ2n) is 3.70. The van der Waals surface area contributed by atoms with Gasteiger partial charge in [0.2, 0.25) is 5.91 Å². The number of nitrogens with zero attached hydrogens (tertiary/aromatic N) is 2. The molecular formula is C9H11BrClN3O. The molecule has 1 rings (SSSR count). The van der Waals surface area contributed by atoms with E-state index >= 15 is 0 Å². The van der Waals surface area contributed by atoms with E-state index < -0.39 is 5.41 Å². The molecule has 1 heterocycles. The lowest BCUT2D eigenvalue weighted by Gasteiger charge is -2.19. The van der Waals surface area contributed by atoms with Gasteiger partial charge in [-0.1, -0.05) is 0 Å². The molecule has 0 unspecified atom stereocenters. The van der Waals surface area contributed by atoms with Crippen molar-refractivity contribution < 1.29 is 4.79 Å². The van der Waals surface area contributed by atoms with E-state index in [1.807, 2.05) is 0 Å². The Labute approximate surface area is 102 Å². The van der Waals surface area contributed by atoms with E-state index in [1.54, 1.807) is 13.8 Å². The molecule has 1 aromatic rings. The lowest BCUT2D eigenvalue weighted by molar-refractivity contribution is -0.123. The van der Waals surface area contributed by atoms with E-state index in [9.17, 15) is 4.79 Å². The summed E-state index contributed by atoms with van der Waals surface area (Å²) in [5.41, 5.74) is -0.615. The summed E-state index contributed by atoms with van der Waals surface area (Å²) in [4.78, 5) is 19.6. The molecule has 0 aromatic carbocycles. The van der Waals surface area contributed by atoms with Crippen molar-refractivity contribution in [2.24, 2.45) is 5.41 Å². The largest absolute Gasteiger partial charge is 0.309 e. The lowest BCUT2D eigenvalue weighted by Crippen LogP contribution is -2.32. The fourth-order valence-electron chi connectivity index (χ4n) is 0.723. The Morgan fingerprint density at radius 3 is 2.67 bits per heavy atom. The molecule has 0 spiro atoms. The number of rotatable bonds is 3. The van der Waals surface area contributed by atoms with Crippen LogP contribution >= 0.6 is 27.5 Å². The molecule has 0 aliphatic rings. The van der Waals surface area contributed by atoms with Crippen LogP contribution in [0.2, 0.25) is 0 Å². The summed E-state index contributed by atoms with van der Waals surface area (Å²) in [5.74, 6) is 0.499. The van der Waals surface area contributed by atoms with Crippen molar-refractivity contribution in [1.29, 1.82) is 0 Å². The topological polar surface area (TPSA) is 54.9 Å². The highest BCUT2D eigenvalue weighted by atomic mass is 79.9. The molecule has 1 amide bonds. The predicted octanol–water partition coefficient (Wildman–Crippen LogP) is 2.44. The SMILES string of the molecule is CC(C)(CCl)C(=O)Nc1cnc(Br)cn1. The first-order valence-electron chi connectivity index (χ1n) is 4.30. The number of carbonyl (C=O) groups is 1. The number of anilines is 1. The number of hydrogen-bond acceptors (Lipinski definition) is 3. The number of hydrogen-bond donors (Lipinski definition) is 1. The lowest BCUT2D eigenvalue weighted by atomic mass is 9.95. The zero-order valence-electron chi connectivity index (χ0n) is 8.42. The molecule has 6 heteroatoms. The van der Waals surface area contributed by atoms with Gasteiger partial charge in [0.05, 0.1) is 17.8 Å². The van der Waals surface area contributed by atoms with E-state index in [-0.39, 0.29) is 11.8 Å². The molecule has 15 heavy (non-hydrogen) atoms. The van der Waals surface area contributed by atoms with Crippen LogP contribution in [0, 0.1) is 5.41 Å². The van der Waals surface area contributed by atoms with Crippen LogP contribution in [0.3, 0.4) is 0 Å². The summed E-state index contributed by atoms with van der Waals surface area (Å²) in [5, 5.41) is 2.64. The highest BCUT2D eigenvalue weighted by Gasteiger charge is 2.26. The van der Waals surface area contributed by atoms with Gasteiger partial charge in [-0.3, -0.25) is 4.79 Å². The maximum Gasteiger partial charge on any atom is 0.232 e. The van der Waals surface area contributed by atoms with Gasteiger partial charge in [-0.25, -0.2) is 9.97 Å². The van der Waals surface area contributed by atoms with Crippen molar-refractivity contribution in [1.82, 2.24) is 9.97 Å². The molecule has 1 N–H and O–H groups in total. The third-order valence-electron chi connectivity index (χ3n) is 1.81. The molecule has 0 aliphatic heterocycles. The van der Waals surface area contributed by atoms with Gasteiger partial charge in [0.15, 0.2) is 5.82 Å². The quantitative estimate of drug-likeness (QED) is 0.871. The van der Waals surface area contributed by atoms with Gasteiger partial charge in [0.25, 0.3) is 0 Å². The van der Waals surface area contributed by atoms with E-state index in [4.69, 9.17) is 11.6 Å². The summed E-state index contributed by atoms with van der Waals surface area (Å²) in [6.07, 6.45) is 3.00. The van der Waals surface area contributed by atoms with Gasteiger partial charge in [0.1, 0.15) is 4.60 Å². The zero-order valence-corrected chi connectivity index (χ0v) is 10.8. The number of alkyl halides is 1. The van der Waals surface area contributed by atoms with E-state index in [0.29, 0.717) is 10.4 Å². The third kappa shape index (κ3) is 3.43. The van der Waals surface area contributed by atoms with Gasteiger partial charge in [-0.05, 0) is 29.8 Å². The van der Waals surface area contributed by atoms with E-state index in [1.165, 1.54) is 12.4 Å². The molecule has 0 fully saturated rings. The van der Waals surface area contributed by atoms with Crippen LogP contribution in [0.5, 0.6) is 0 Å². The number of carbonyl (C=O) groups excluding carboxylic acids is 1. The van der Waals surface area contributed by atoms with Gasteiger partial charge in [-0.2, -0.15) is 0 Å². The minimum Gasteiger partial charge on any atom is -0.309 e. The van der Waals surface area contributed by atoms with E-state index in [2.05, 4.69) is 31.2 Å². The number of aromatic nitrogens is 2. The average Bonchev–Trinajstić information content (AvgIpc) is 2.21. The van der Waals surface area contributed by atoms with Gasteiger partial charge < -0.3 is 5.32 Å². The van der Waals surface area contributed by atoms with Crippen LogP contribution in [0.4, 0.5) is 5.82 Å². The summed E-state index contributed by atoms with van der Waals surface area (Å²) < 4.78 is 0.622. The van der Waals surface area contributed by atoms with Crippen molar-refractivity contribution in [3.05, 3.63) is 17.0 Å². The van der Waals surface area contributed by atoms with Crippen molar-refractivity contribution in [2.45, 2.75) is 13.8 Å². The summed E-state index contributed by atoms with van der Waals surface area (Å²) in [6, 6.07) is 0. The first-order chi connectivity index (χ1) is 6.95. The average molecular weight is 293 g/mol. The highest BCUT2D eigenvalue weighted by molar-refractivity contribution is 9.10. The number of halogens is 2. The molecule has 0 bridgehead atoms. The Kier molecular flexibility index (Phi) is 4.04. The Morgan fingerprint density at radius 2 is 2.20 bits per heavy atom. The van der Waals surface area contributed by atoms with E-state index in [0.717, 1.165) is 0 Å². The smallest absolute Gasteiger partial charge is 0.232 e. The minimum absolute atomic E-state index is 0.172. The maximum atomic E-state index is 11.7. The molecular weight excluding hydrogens is 281 g/mol. The van der Waals surface area contributed by atoms with Crippen LogP contribution in [0.25, 0.3) is 0 Å². The van der Waals surface area contributed by atoms with Crippen LogP contribution in [0.1, 0.15) is 13.8 Å². The summed E-state index contributed by atoms with van der Waals surface area (Å²) >= 11 is 8.83. The fraction of sp³-hybridized carbons (Fsp3) is 0.444. The van der Waals surface area contributed by atoms with Crippen molar-refractivity contribution in [3.63, 3.8) is 0 Å². The number of nitrogens with one attached hydrogen (secondary N) is 1. The molecule has 82 valence electrons. The molecule has 4 nitrogen and oxygen atoms in total. The first kappa shape index (κ1) is 12.4. The summed E-state index contributed by atoms with van der Waals surface area (Å²) in [6.45, 7) is 3.53. The zero-order chi connectivity index (χ0) is 11.5. The van der Waals surface area contributed by atoms with Crippen molar-refractivity contribution in [2.75, 3.05) is 11.2 Å². The van der Waals surface area contributed by atoms with Crippen molar-refractivity contribution in [3.8, 4) is 0 Å². The second-order valence-corrected chi connectivity index (χ2v) is 4.78. The molecule has 0 aliphatic carbocycles. The fourth-order valence-corrected chi connectivity index (χ4v) is 1.05. The Hall–Kier alpha value is -0.680. The monoisotopic (exact) mass is 291 g/mol. The molecule has 0 atom stereocenters. The minimum atomic E-state index is -0.615. The second kappa shape index (κ2) is 4.90. The molecule has 1 aromatic heterocycles. The molecule has 0 radical (unpaired) electrons. The summed E-state index contributed by atoms with van der Waals surface area (Å²) in [7, 11) is 0. The van der Waals surface area contributed by atoms with Gasteiger partial charge >= 0.3 is 0 Å². The van der Waals surface area contributed by atoms with Gasteiger partial charge in [-0.15, -0.1) is 11.6 Å². The predicted molar refractivity (Wildman–Crippen MR) is 62.9 cm³/mol. The van der Waals surface area contributed by atoms with Crippen LogP contribution in [0.15, 0.2) is 17.0 Å². The Morgan fingerprint density at radius 1 is 1.53 bits per heavy atom. The molecule has 0 saturated heterocycles. The highest BCUT2D eigenvalue weighted by Crippen LogP contribution is 2.19. The maximum absolute atomic E-state index is 11.7. The standard InChI is InChI=1S/C9H11BrClN3O/c1-9(2,5-11)8(15)14-7-4-12-6(10)3-13-7/h3-4H,5H2,1-2H3,(H,13,14,15). The third-order valence-corrected chi connectivity index (χ3v) is 2.89. The van der Waals surface area contributed by atoms with Crippen LogP contribution in [-0.2, 0) is 4.79 Å². The molecule has 0 saturated carbocycles. The van der Waals surface area contributed by atoms with Crippen molar-refractivity contribution >= 4 is 39.3 Å². The number of amides is 1.